The Labute approximate surface area is 78.8 Å². The van der Waals surface area contributed by atoms with Gasteiger partial charge < -0.3 is 0 Å². The number of nitrogens with one attached hydrogen (secondary N) is 1. The van der Waals surface area contributed by atoms with Gasteiger partial charge in [0, 0.05) is 19.0 Å². The highest BCUT2D eigenvalue weighted by Crippen LogP contribution is 2.26. The zero-order valence-corrected chi connectivity index (χ0v) is 8.12. The first kappa shape index (κ1) is 8.51. The van der Waals surface area contributed by atoms with Crippen molar-refractivity contribution in [2.45, 2.75) is 20.3 Å². The van der Waals surface area contributed by atoms with Crippen LogP contribution in [0.2, 0.25) is 0 Å². The van der Waals surface area contributed by atoms with Crippen LogP contribution in [-0.2, 0) is 0 Å². The first-order chi connectivity index (χ1) is 6.33. The SMILES string of the molecule is CCC(C)C1=C2N=CC=CN2NC1. The van der Waals surface area contributed by atoms with E-state index >= 15 is 0 Å². The van der Waals surface area contributed by atoms with E-state index in [1.54, 1.807) is 0 Å². The molecule has 0 amide bonds. The lowest BCUT2D eigenvalue weighted by atomic mass is 9.99. The largest absolute Gasteiger partial charge is 0.267 e. The number of rotatable bonds is 2. The van der Waals surface area contributed by atoms with E-state index in [2.05, 4.69) is 24.3 Å². The third-order valence-corrected chi connectivity index (χ3v) is 2.68. The van der Waals surface area contributed by atoms with Crippen LogP contribution in [0, 0.1) is 5.92 Å². The van der Waals surface area contributed by atoms with Crippen molar-refractivity contribution in [2.75, 3.05) is 6.54 Å². The molecule has 13 heavy (non-hydrogen) atoms. The van der Waals surface area contributed by atoms with Crippen LogP contribution in [-0.4, -0.2) is 17.8 Å². The number of allylic oxidation sites excluding steroid dienone is 1. The maximum absolute atomic E-state index is 4.37. The summed E-state index contributed by atoms with van der Waals surface area (Å²) in [4.78, 5) is 4.37. The Morgan fingerprint density at radius 2 is 2.54 bits per heavy atom. The van der Waals surface area contributed by atoms with Gasteiger partial charge in [0.2, 0.25) is 0 Å². The molecular formula is C10H15N3. The zero-order chi connectivity index (χ0) is 9.26. The topological polar surface area (TPSA) is 27.6 Å². The lowest BCUT2D eigenvalue weighted by Crippen LogP contribution is -2.27. The quantitative estimate of drug-likeness (QED) is 0.694. The fourth-order valence-corrected chi connectivity index (χ4v) is 1.63. The summed E-state index contributed by atoms with van der Waals surface area (Å²) < 4.78 is 0. The number of aliphatic imine (C=N–C) groups is 1. The second-order valence-electron chi connectivity index (χ2n) is 3.48. The van der Waals surface area contributed by atoms with Crippen LogP contribution in [0.25, 0.3) is 0 Å². The Bertz CT molecular complexity index is 289. The van der Waals surface area contributed by atoms with E-state index in [1.807, 2.05) is 23.5 Å². The molecule has 0 saturated carbocycles. The molecule has 2 rings (SSSR count). The van der Waals surface area contributed by atoms with Crippen molar-refractivity contribution in [1.82, 2.24) is 10.4 Å². The minimum Gasteiger partial charge on any atom is -0.267 e. The molecule has 0 spiro atoms. The van der Waals surface area contributed by atoms with E-state index in [1.165, 1.54) is 12.0 Å². The molecule has 70 valence electrons. The van der Waals surface area contributed by atoms with Crippen molar-refractivity contribution in [3.8, 4) is 0 Å². The average Bonchev–Trinajstić information content (AvgIpc) is 2.60. The van der Waals surface area contributed by atoms with Crippen molar-refractivity contribution >= 4 is 6.21 Å². The molecule has 2 heterocycles. The fourth-order valence-electron chi connectivity index (χ4n) is 1.63. The monoisotopic (exact) mass is 177 g/mol. The minimum absolute atomic E-state index is 0.621. The van der Waals surface area contributed by atoms with E-state index < -0.39 is 0 Å². The molecule has 0 radical (unpaired) electrons. The molecule has 0 saturated heterocycles. The Hall–Kier alpha value is -1.09. The second kappa shape index (κ2) is 3.34. The molecule has 0 fully saturated rings. The smallest absolute Gasteiger partial charge is 0.147 e. The summed E-state index contributed by atoms with van der Waals surface area (Å²) in [6.45, 7) is 5.40. The highest BCUT2D eigenvalue weighted by atomic mass is 15.5. The van der Waals surface area contributed by atoms with E-state index in [9.17, 15) is 0 Å². The van der Waals surface area contributed by atoms with E-state index in [0.717, 1.165) is 12.4 Å². The van der Waals surface area contributed by atoms with Crippen LogP contribution in [0.5, 0.6) is 0 Å². The van der Waals surface area contributed by atoms with Gasteiger partial charge in [-0.1, -0.05) is 13.8 Å². The number of fused-ring (bicyclic) bond motifs is 1. The molecule has 3 heteroatoms. The molecule has 2 aliphatic heterocycles. The molecule has 0 aromatic rings. The number of hydrazine groups is 1. The second-order valence-corrected chi connectivity index (χ2v) is 3.48. The van der Waals surface area contributed by atoms with Gasteiger partial charge in [0.1, 0.15) is 5.82 Å². The lowest BCUT2D eigenvalue weighted by molar-refractivity contribution is 0.383. The zero-order valence-electron chi connectivity index (χ0n) is 8.12. The maximum atomic E-state index is 4.37. The maximum Gasteiger partial charge on any atom is 0.147 e. The summed E-state index contributed by atoms with van der Waals surface area (Å²) in [6.07, 6.45) is 6.97. The minimum atomic E-state index is 0.621. The van der Waals surface area contributed by atoms with Crippen molar-refractivity contribution in [2.24, 2.45) is 10.9 Å². The Kier molecular flexibility index (Phi) is 2.19. The lowest BCUT2D eigenvalue weighted by Gasteiger charge is -2.16. The molecular weight excluding hydrogens is 162 g/mol. The number of hydrogen-bond donors (Lipinski definition) is 1. The molecule has 1 unspecified atom stereocenters. The van der Waals surface area contributed by atoms with Gasteiger partial charge in [0.05, 0.1) is 0 Å². The predicted molar refractivity (Wildman–Crippen MR) is 54.0 cm³/mol. The normalized spacial score (nSPS) is 22.5. The molecule has 1 atom stereocenters. The first-order valence-electron chi connectivity index (χ1n) is 4.79. The van der Waals surface area contributed by atoms with Gasteiger partial charge in [0.15, 0.2) is 0 Å². The van der Waals surface area contributed by atoms with Crippen LogP contribution in [0.3, 0.4) is 0 Å². The van der Waals surface area contributed by atoms with Gasteiger partial charge in [-0.2, -0.15) is 0 Å². The molecule has 0 aromatic heterocycles. The Balaban J connectivity index is 2.28. The summed E-state index contributed by atoms with van der Waals surface area (Å²) in [5, 5.41) is 2.00. The summed E-state index contributed by atoms with van der Waals surface area (Å²) >= 11 is 0. The van der Waals surface area contributed by atoms with Crippen LogP contribution in [0.4, 0.5) is 0 Å². The van der Waals surface area contributed by atoms with Gasteiger partial charge in [0.25, 0.3) is 0 Å². The Morgan fingerprint density at radius 3 is 3.31 bits per heavy atom. The van der Waals surface area contributed by atoms with Gasteiger partial charge >= 0.3 is 0 Å². The van der Waals surface area contributed by atoms with Crippen LogP contribution >= 0.6 is 0 Å². The number of nitrogens with zero attached hydrogens (tertiary/aromatic N) is 2. The fraction of sp³-hybridized carbons (Fsp3) is 0.500. The molecule has 0 aromatic carbocycles. The molecule has 2 aliphatic rings. The number of hydrogen-bond acceptors (Lipinski definition) is 3. The molecule has 1 N–H and O–H groups in total. The van der Waals surface area contributed by atoms with Gasteiger partial charge in [-0.05, 0) is 24.0 Å². The summed E-state index contributed by atoms with van der Waals surface area (Å²) in [5.41, 5.74) is 4.70. The van der Waals surface area contributed by atoms with Gasteiger partial charge in [-0.3, -0.25) is 5.01 Å². The summed E-state index contributed by atoms with van der Waals surface area (Å²) in [7, 11) is 0. The standard InChI is InChI=1S/C10H15N3/c1-3-8(2)9-7-12-13-6-4-5-11-10(9)13/h4-6,8,12H,3,7H2,1-2H3. The molecule has 0 bridgehead atoms. The van der Waals surface area contributed by atoms with Crippen LogP contribution in [0.1, 0.15) is 20.3 Å². The summed E-state index contributed by atoms with van der Waals surface area (Å²) in [6, 6.07) is 0. The van der Waals surface area contributed by atoms with Crippen LogP contribution in [0.15, 0.2) is 28.7 Å². The third kappa shape index (κ3) is 1.40. The highest BCUT2D eigenvalue weighted by Gasteiger charge is 2.23. The van der Waals surface area contributed by atoms with Crippen molar-refractivity contribution < 1.29 is 0 Å². The van der Waals surface area contributed by atoms with Crippen molar-refractivity contribution in [3.63, 3.8) is 0 Å². The highest BCUT2D eigenvalue weighted by molar-refractivity contribution is 5.73. The van der Waals surface area contributed by atoms with Gasteiger partial charge in [-0.15, -0.1) is 0 Å². The molecule has 0 aliphatic carbocycles. The van der Waals surface area contributed by atoms with E-state index in [4.69, 9.17) is 0 Å². The van der Waals surface area contributed by atoms with E-state index in [0.29, 0.717) is 5.92 Å². The van der Waals surface area contributed by atoms with Crippen molar-refractivity contribution in [3.05, 3.63) is 23.7 Å². The third-order valence-electron chi connectivity index (χ3n) is 2.68. The van der Waals surface area contributed by atoms with Crippen molar-refractivity contribution in [1.29, 1.82) is 0 Å². The first-order valence-corrected chi connectivity index (χ1v) is 4.79. The molecule has 3 nitrogen and oxygen atoms in total. The summed E-state index contributed by atoms with van der Waals surface area (Å²) in [5.74, 6) is 1.72. The Morgan fingerprint density at radius 1 is 1.69 bits per heavy atom. The van der Waals surface area contributed by atoms with Gasteiger partial charge in [-0.25, -0.2) is 10.4 Å². The predicted octanol–water partition coefficient (Wildman–Crippen LogP) is 1.66. The van der Waals surface area contributed by atoms with E-state index in [-0.39, 0.29) is 0 Å². The van der Waals surface area contributed by atoms with Crippen LogP contribution < -0.4 is 5.43 Å². The average molecular weight is 177 g/mol.